The molecule has 2 N–H and O–H groups in total. The van der Waals surface area contributed by atoms with Gasteiger partial charge in [0.05, 0.1) is 6.61 Å². The molecule has 1 aromatic heterocycles. The Kier molecular flexibility index (Phi) is 2.86. The summed E-state index contributed by atoms with van der Waals surface area (Å²) < 4.78 is 6.12. The van der Waals surface area contributed by atoms with Crippen molar-refractivity contribution in [3.63, 3.8) is 0 Å². The summed E-state index contributed by atoms with van der Waals surface area (Å²) in [5.41, 5.74) is 0.0490. The lowest BCUT2D eigenvalue weighted by Gasteiger charge is -1.96. The number of hydrogen-bond acceptors (Lipinski definition) is 4. The van der Waals surface area contributed by atoms with E-state index >= 15 is 0 Å². The molecular formula is C7H10N2O4. The van der Waals surface area contributed by atoms with Crippen molar-refractivity contribution in [1.82, 2.24) is 9.78 Å². The van der Waals surface area contributed by atoms with Crippen molar-refractivity contribution in [1.29, 1.82) is 0 Å². The molecule has 72 valence electrons. The number of carboxylic acids is 1. The van der Waals surface area contributed by atoms with E-state index in [0.717, 1.165) is 0 Å². The van der Waals surface area contributed by atoms with E-state index in [0.29, 0.717) is 0 Å². The van der Waals surface area contributed by atoms with Gasteiger partial charge in [0, 0.05) is 13.1 Å². The van der Waals surface area contributed by atoms with Crippen LogP contribution in [0.5, 0.6) is 5.88 Å². The number of aromatic nitrogens is 2. The lowest BCUT2D eigenvalue weighted by molar-refractivity contribution is 0.0685. The number of aliphatic hydroxyl groups is 1. The molecule has 1 rings (SSSR count). The van der Waals surface area contributed by atoms with Crippen LogP contribution in [0.2, 0.25) is 0 Å². The summed E-state index contributed by atoms with van der Waals surface area (Å²) in [6.07, 6.45) is 0. The van der Waals surface area contributed by atoms with Gasteiger partial charge < -0.3 is 14.9 Å². The molecule has 13 heavy (non-hydrogen) atoms. The van der Waals surface area contributed by atoms with Crippen LogP contribution in [0.25, 0.3) is 0 Å². The van der Waals surface area contributed by atoms with Gasteiger partial charge in [-0.2, -0.15) is 0 Å². The number of aryl methyl sites for hydroxylation is 1. The lowest BCUT2D eigenvalue weighted by atomic mass is 10.4. The molecule has 0 bridgehead atoms. The summed E-state index contributed by atoms with van der Waals surface area (Å²) in [6.45, 7) is -0.0188. The van der Waals surface area contributed by atoms with Crippen molar-refractivity contribution in [2.45, 2.75) is 0 Å². The highest BCUT2D eigenvalue weighted by molar-refractivity contribution is 5.85. The van der Waals surface area contributed by atoms with E-state index in [-0.39, 0.29) is 24.8 Å². The second-order valence-corrected chi connectivity index (χ2v) is 2.37. The summed E-state index contributed by atoms with van der Waals surface area (Å²) in [7, 11) is 1.51. The molecule has 0 aliphatic rings. The zero-order chi connectivity index (χ0) is 9.84. The van der Waals surface area contributed by atoms with Gasteiger partial charge in [-0.25, -0.2) is 4.79 Å². The third-order valence-corrected chi connectivity index (χ3v) is 1.42. The van der Waals surface area contributed by atoms with Crippen molar-refractivity contribution in [3.05, 3.63) is 11.8 Å². The monoisotopic (exact) mass is 186 g/mol. The van der Waals surface area contributed by atoms with E-state index < -0.39 is 5.97 Å². The Balaban J connectivity index is 2.76. The van der Waals surface area contributed by atoms with E-state index in [1.807, 2.05) is 0 Å². The maximum atomic E-state index is 10.5. The number of nitrogens with zero attached hydrogens (tertiary/aromatic N) is 2. The van der Waals surface area contributed by atoms with Crippen molar-refractivity contribution < 1.29 is 19.7 Å². The standard InChI is InChI=1S/C7H10N2O4/c1-9-5(7(11)12)4-6(8-9)13-3-2-10/h4,10H,2-3H2,1H3,(H,11,12). The molecule has 0 amide bonds. The van der Waals surface area contributed by atoms with Crippen molar-refractivity contribution in [2.24, 2.45) is 7.05 Å². The fourth-order valence-electron chi connectivity index (χ4n) is 0.862. The van der Waals surface area contributed by atoms with Crippen LogP contribution in [-0.2, 0) is 7.05 Å². The highest BCUT2D eigenvalue weighted by Crippen LogP contribution is 2.10. The van der Waals surface area contributed by atoms with Gasteiger partial charge in [-0.15, -0.1) is 5.10 Å². The molecule has 6 nitrogen and oxygen atoms in total. The molecule has 1 aromatic rings. The minimum absolute atomic E-state index is 0.0490. The third kappa shape index (κ3) is 2.19. The predicted octanol–water partition coefficient (Wildman–Crippen LogP) is -0.511. The van der Waals surface area contributed by atoms with Gasteiger partial charge in [0.1, 0.15) is 12.3 Å². The van der Waals surface area contributed by atoms with E-state index in [9.17, 15) is 4.79 Å². The Morgan fingerprint density at radius 2 is 2.46 bits per heavy atom. The molecule has 0 unspecified atom stereocenters. The average Bonchev–Trinajstić information content (AvgIpc) is 2.43. The van der Waals surface area contributed by atoms with Gasteiger partial charge in [0.2, 0.25) is 5.88 Å². The Bertz CT molecular complexity index is 307. The van der Waals surface area contributed by atoms with Crippen LogP contribution in [0.1, 0.15) is 10.5 Å². The minimum Gasteiger partial charge on any atom is -0.477 e. The zero-order valence-electron chi connectivity index (χ0n) is 7.10. The Hall–Kier alpha value is -1.56. The van der Waals surface area contributed by atoms with Gasteiger partial charge in [0.15, 0.2) is 0 Å². The van der Waals surface area contributed by atoms with E-state index in [1.165, 1.54) is 17.8 Å². The van der Waals surface area contributed by atoms with E-state index in [2.05, 4.69) is 5.10 Å². The molecule has 0 aromatic carbocycles. The second-order valence-electron chi connectivity index (χ2n) is 2.37. The molecular weight excluding hydrogens is 176 g/mol. The number of rotatable bonds is 4. The van der Waals surface area contributed by atoms with Crippen LogP contribution in [0.3, 0.4) is 0 Å². The molecule has 0 radical (unpaired) electrons. The minimum atomic E-state index is -1.06. The fourth-order valence-corrected chi connectivity index (χ4v) is 0.862. The number of carbonyl (C=O) groups is 1. The first-order chi connectivity index (χ1) is 6.15. The third-order valence-electron chi connectivity index (χ3n) is 1.42. The number of hydrogen-bond donors (Lipinski definition) is 2. The number of ether oxygens (including phenoxy) is 1. The molecule has 0 saturated carbocycles. The van der Waals surface area contributed by atoms with Crippen LogP contribution in [0.4, 0.5) is 0 Å². The smallest absolute Gasteiger partial charge is 0.354 e. The van der Waals surface area contributed by atoms with Crippen LogP contribution in [-0.4, -0.2) is 39.2 Å². The van der Waals surface area contributed by atoms with Gasteiger partial charge >= 0.3 is 5.97 Å². The van der Waals surface area contributed by atoms with Crippen LogP contribution < -0.4 is 4.74 Å². The molecule has 0 saturated heterocycles. The number of aliphatic hydroxyl groups excluding tert-OH is 1. The molecule has 0 atom stereocenters. The van der Waals surface area contributed by atoms with Gasteiger partial charge in [-0.3, -0.25) is 4.68 Å². The molecule has 0 fully saturated rings. The number of aromatic carboxylic acids is 1. The normalized spacial score (nSPS) is 10.0. The molecule has 0 aliphatic heterocycles. The van der Waals surface area contributed by atoms with E-state index in [4.69, 9.17) is 14.9 Å². The largest absolute Gasteiger partial charge is 0.477 e. The van der Waals surface area contributed by atoms with Crippen LogP contribution >= 0.6 is 0 Å². The summed E-state index contributed by atoms with van der Waals surface area (Å²) in [4.78, 5) is 10.5. The van der Waals surface area contributed by atoms with Crippen molar-refractivity contribution in [2.75, 3.05) is 13.2 Å². The average molecular weight is 186 g/mol. The predicted molar refractivity (Wildman–Crippen MR) is 42.7 cm³/mol. The first-order valence-electron chi connectivity index (χ1n) is 3.66. The maximum absolute atomic E-state index is 10.5. The van der Waals surface area contributed by atoms with Crippen LogP contribution in [0.15, 0.2) is 6.07 Å². The maximum Gasteiger partial charge on any atom is 0.354 e. The summed E-state index contributed by atoms with van der Waals surface area (Å²) in [5.74, 6) is -0.859. The quantitative estimate of drug-likeness (QED) is 0.661. The summed E-state index contributed by atoms with van der Waals surface area (Å²) in [6, 6.07) is 1.30. The second kappa shape index (κ2) is 3.90. The lowest BCUT2D eigenvalue weighted by Crippen LogP contribution is -2.05. The highest BCUT2D eigenvalue weighted by Gasteiger charge is 2.11. The van der Waals surface area contributed by atoms with Gasteiger partial charge in [0.25, 0.3) is 0 Å². The van der Waals surface area contributed by atoms with E-state index in [1.54, 1.807) is 0 Å². The Morgan fingerprint density at radius 3 is 2.92 bits per heavy atom. The molecule has 0 spiro atoms. The van der Waals surface area contributed by atoms with Crippen molar-refractivity contribution >= 4 is 5.97 Å². The SMILES string of the molecule is Cn1nc(OCCO)cc1C(=O)O. The molecule has 0 aliphatic carbocycles. The van der Waals surface area contributed by atoms with Crippen LogP contribution in [0, 0.1) is 0 Å². The molecule has 6 heteroatoms. The van der Waals surface area contributed by atoms with Gasteiger partial charge in [-0.1, -0.05) is 0 Å². The first kappa shape index (κ1) is 9.53. The van der Waals surface area contributed by atoms with Gasteiger partial charge in [-0.05, 0) is 0 Å². The Morgan fingerprint density at radius 1 is 1.77 bits per heavy atom. The first-order valence-corrected chi connectivity index (χ1v) is 3.66. The number of carboxylic acid groups (broad SMARTS) is 1. The fraction of sp³-hybridized carbons (Fsp3) is 0.429. The summed E-state index contributed by atoms with van der Waals surface area (Å²) >= 11 is 0. The highest BCUT2D eigenvalue weighted by atomic mass is 16.5. The zero-order valence-corrected chi connectivity index (χ0v) is 7.10. The summed E-state index contributed by atoms with van der Waals surface area (Å²) in [5, 5.41) is 20.8. The molecule has 1 heterocycles. The topological polar surface area (TPSA) is 84.6 Å². The Labute approximate surface area is 74.4 Å². The van der Waals surface area contributed by atoms with Crippen molar-refractivity contribution in [3.8, 4) is 5.88 Å².